The molecular formula is C14H31NO2. The van der Waals surface area contributed by atoms with E-state index < -0.39 is 0 Å². The van der Waals surface area contributed by atoms with Gasteiger partial charge in [-0.2, -0.15) is 0 Å². The maximum Gasteiger partial charge on any atom is 0.0610 e. The second-order valence-electron chi connectivity index (χ2n) is 5.18. The molecule has 0 rings (SSSR count). The van der Waals surface area contributed by atoms with Gasteiger partial charge in [0.1, 0.15) is 0 Å². The molecule has 104 valence electrons. The van der Waals surface area contributed by atoms with Crippen molar-refractivity contribution in [1.29, 1.82) is 0 Å². The van der Waals surface area contributed by atoms with E-state index in [2.05, 4.69) is 33.0 Å². The molecule has 3 nitrogen and oxygen atoms in total. The molecule has 0 amide bonds. The minimum atomic E-state index is -0.121. The smallest absolute Gasteiger partial charge is 0.0610 e. The van der Waals surface area contributed by atoms with Gasteiger partial charge < -0.3 is 15.2 Å². The topological polar surface area (TPSA) is 41.5 Å². The zero-order valence-corrected chi connectivity index (χ0v) is 12.1. The van der Waals surface area contributed by atoms with Gasteiger partial charge in [0.15, 0.2) is 0 Å². The van der Waals surface area contributed by atoms with Crippen molar-refractivity contribution in [1.82, 2.24) is 5.32 Å². The highest BCUT2D eigenvalue weighted by atomic mass is 16.5. The van der Waals surface area contributed by atoms with E-state index in [-0.39, 0.29) is 12.1 Å². The molecule has 0 aromatic rings. The molecule has 2 atom stereocenters. The Kier molecular flexibility index (Phi) is 9.79. The highest BCUT2D eigenvalue weighted by molar-refractivity contribution is 4.81. The molecule has 3 heteroatoms. The summed E-state index contributed by atoms with van der Waals surface area (Å²) < 4.78 is 5.71. The summed E-state index contributed by atoms with van der Waals surface area (Å²) >= 11 is 0. The normalized spacial score (nSPS) is 16.8. The Labute approximate surface area is 107 Å². The van der Waals surface area contributed by atoms with Crippen molar-refractivity contribution in [2.24, 2.45) is 0 Å². The molecule has 0 saturated heterocycles. The lowest BCUT2D eigenvalue weighted by molar-refractivity contribution is 0.0551. The summed E-state index contributed by atoms with van der Waals surface area (Å²) in [6.07, 6.45) is 5.90. The fraction of sp³-hybridized carbons (Fsp3) is 1.00. The Morgan fingerprint density at radius 1 is 1.29 bits per heavy atom. The Morgan fingerprint density at radius 2 is 2.00 bits per heavy atom. The van der Waals surface area contributed by atoms with Gasteiger partial charge in [0, 0.05) is 12.1 Å². The van der Waals surface area contributed by atoms with Gasteiger partial charge in [-0.3, -0.25) is 0 Å². The first-order valence-corrected chi connectivity index (χ1v) is 7.05. The summed E-state index contributed by atoms with van der Waals surface area (Å²) in [5, 5.41) is 12.7. The van der Waals surface area contributed by atoms with E-state index in [4.69, 9.17) is 4.74 Å². The van der Waals surface area contributed by atoms with Crippen LogP contribution in [-0.2, 0) is 4.74 Å². The summed E-state index contributed by atoms with van der Waals surface area (Å²) in [7, 11) is 0. The lowest BCUT2D eigenvalue weighted by atomic mass is 9.96. The van der Waals surface area contributed by atoms with Crippen LogP contribution in [0.2, 0.25) is 0 Å². The molecule has 17 heavy (non-hydrogen) atoms. The van der Waals surface area contributed by atoms with Crippen LogP contribution in [0.25, 0.3) is 0 Å². The van der Waals surface area contributed by atoms with E-state index in [0.717, 1.165) is 38.8 Å². The van der Waals surface area contributed by atoms with E-state index >= 15 is 0 Å². The molecule has 0 saturated carbocycles. The van der Waals surface area contributed by atoms with Crippen LogP contribution in [0.3, 0.4) is 0 Å². The van der Waals surface area contributed by atoms with Crippen molar-refractivity contribution in [3.05, 3.63) is 0 Å². The summed E-state index contributed by atoms with van der Waals surface area (Å²) in [4.78, 5) is 0. The number of aliphatic hydroxyl groups is 1. The van der Waals surface area contributed by atoms with Crippen LogP contribution >= 0.6 is 0 Å². The number of hydrogen-bond donors (Lipinski definition) is 2. The van der Waals surface area contributed by atoms with Gasteiger partial charge in [-0.1, -0.05) is 20.3 Å². The van der Waals surface area contributed by atoms with Crippen LogP contribution in [0.5, 0.6) is 0 Å². The molecule has 0 aliphatic heterocycles. The van der Waals surface area contributed by atoms with Crippen molar-refractivity contribution in [2.75, 3.05) is 19.8 Å². The summed E-state index contributed by atoms with van der Waals surface area (Å²) in [5.74, 6) is 0. The molecule has 0 bridgehead atoms. The zero-order valence-electron chi connectivity index (χ0n) is 12.1. The second kappa shape index (κ2) is 9.86. The Bertz CT molecular complexity index is 176. The van der Waals surface area contributed by atoms with E-state index in [9.17, 15) is 5.11 Å². The quantitative estimate of drug-likeness (QED) is 0.550. The summed E-state index contributed by atoms with van der Waals surface area (Å²) in [6.45, 7) is 10.4. The van der Waals surface area contributed by atoms with Crippen molar-refractivity contribution < 1.29 is 9.84 Å². The van der Waals surface area contributed by atoms with E-state index in [1.165, 1.54) is 6.42 Å². The van der Waals surface area contributed by atoms with Crippen molar-refractivity contribution >= 4 is 0 Å². The minimum Gasteiger partial charge on any atom is -0.394 e. The molecule has 0 aliphatic rings. The maximum absolute atomic E-state index is 9.34. The molecule has 0 aromatic carbocycles. The molecule has 0 fully saturated rings. The zero-order chi connectivity index (χ0) is 13.1. The van der Waals surface area contributed by atoms with Gasteiger partial charge in [-0.25, -0.2) is 0 Å². The Hall–Kier alpha value is -0.120. The number of hydrogen-bond acceptors (Lipinski definition) is 3. The largest absolute Gasteiger partial charge is 0.394 e. The Morgan fingerprint density at radius 3 is 2.53 bits per heavy atom. The first-order chi connectivity index (χ1) is 8.08. The number of ether oxygens (including phenoxy) is 1. The predicted molar refractivity (Wildman–Crippen MR) is 73.3 cm³/mol. The first-order valence-electron chi connectivity index (χ1n) is 7.05. The number of aliphatic hydroxyl groups excluding tert-OH is 1. The summed E-state index contributed by atoms with van der Waals surface area (Å²) in [6, 6.07) is 0. The van der Waals surface area contributed by atoms with Crippen molar-refractivity contribution in [2.45, 2.75) is 71.4 Å². The average Bonchev–Trinajstić information content (AvgIpc) is 2.29. The van der Waals surface area contributed by atoms with E-state index in [1.807, 2.05) is 0 Å². The molecule has 0 radical (unpaired) electrons. The predicted octanol–water partition coefficient (Wildman–Crippen LogP) is 2.72. The van der Waals surface area contributed by atoms with Crippen LogP contribution in [0.1, 0.15) is 59.8 Å². The molecular weight excluding hydrogens is 214 g/mol. The van der Waals surface area contributed by atoms with Crippen LogP contribution in [0, 0.1) is 0 Å². The number of likely N-dealkylation sites (N-methyl/N-ethyl adjacent to an activating group) is 1. The van der Waals surface area contributed by atoms with E-state index in [0.29, 0.717) is 6.10 Å². The molecule has 0 heterocycles. The standard InChI is InChI=1S/C14H31NO2/c1-5-9-13(3)17-11-8-7-10-14(4,12-16)15-6-2/h13,15-16H,5-12H2,1-4H3. The van der Waals surface area contributed by atoms with Crippen LogP contribution in [0.4, 0.5) is 0 Å². The SMILES string of the molecule is CCCC(C)OCCCCC(C)(CO)NCC. The average molecular weight is 245 g/mol. The third-order valence-corrected chi connectivity index (χ3v) is 3.17. The van der Waals surface area contributed by atoms with Crippen LogP contribution in [0.15, 0.2) is 0 Å². The van der Waals surface area contributed by atoms with E-state index in [1.54, 1.807) is 0 Å². The fourth-order valence-electron chi connectivity index (χ4n) is 2.04. The fourth-order valence-corrected chi connectivity index (χ4v) is 2.04. The molecule has 2 N–H and O–H groups in total. The molecule has 0 aromatic heterocycles. The number of rotatable bonds is 11. The minimum absolute atomic E-state index is 0.121. The van der Waals surface area contributed by atoms with Crippen molar-refractivity contribution in [3.63, 3.8) is 0 Å². The highest BCUT2D eigenvalue weighted by Gasteiger charge is 2.20. The van der Waals surface area contributed by atoms with Gasteiger partial charge in [0.25, 0.3) is 0 Å². The van der Waals surface area contributed by atoms with Gasteiger partial charge in [-0.15, -0.1) is 0 Å². The third-order valence-electron chi connectivity index (χ3n) is 3.17. The Balaban J connectivity index is 3.55. The van der Waals surface area contributed by atoms with Gasteiger partial charge in [0.2, 0.25) is 0 Å². The lowest BCUT2D eigenvalue weighted by Gasteiger charge is -2.28. The van der Waals surface area contributed by atoms with Crippen LogP contribution in [-0.4, -0.2) is 36.5 Å². The molecule has 0 aliphatic carbocycles. The molecule has 0 spiro atoms. The number of unbranched alkanes of at least 4 members (excludes halogenated alkanes) is 1. The third kappa shape index (κ3) is 8.58. The maximum atomic E-state index is 9.34. The van der Waals surface area contributed by atoms with Gasteiger partial charge in [-0.05, 0) is 46.1 Å². The first kappa shape index (κ1) is 16.9. The lowest BCUT2D eigenvalue weighted by Crippen LogP contribution is -2.45. The highest BCUT2D eigenvalue weighted by Crippen LogP contribution is 2.13. The second-order valence-corrected chi connectivity index (χ2v) is 5.18. The van der Waals surface area contributed by atoms with Crippen molar-refractivity contribution in [3.8, 4) is 0 Å². The molecule has 2 unspecified atom stereocenters. The monoisotopic (exact) mass is 245 g/mol. The van der Waals surface area contributed by atoms with Gasteiger partial charge >= 0.3 is 0 Å². The van der Waals surface area contributed by atoms with Crippen LogP contribution < -0.4 is 5.32 Å². The number of nitrogens with one attached hydrogen (secondary N) is 1. The summed E-state index contributed by atoms with van der Waals surface area (Å²) in [5.41, 5.74) is -0.121. The van der Waals surface area contributed by atoms with Gasteiger partial charge in [0.05, 0.1) is 12.7 Å².